The first-order valence-corrected chi connectivity index (χ1v) is 5.18. The van der Waals surface area contributed by atoms with Crippen LogP contribution in [0, 0.1) is 5.92 Å². The van der Waals surface area contributed by atoms with Gasteiger partial charge in [-0.05, 0) is 24.6 Å². The van der Waals surface area contributed by atoms with E-state index in [4.69, 9.17) is 0 Å². The van der Waals surface area contributed by atoms with Crippen LogP contribution in [0.2, 0.25) is 0 Å². The molecule has 1 aliphatic heterocycles. The van der Waals surface area contributed by atoms with E-state index < -0.39 is 0 Å². The first-order valence-electron chi connectivity index (χ1n) is 3.10. The van der Waals surface area contributed by atoms with E-state index in [0.717, 1.165) is 11.2 Å². The van der Waals surface area contributed by atoms with Crippen molar-refractivity contribution < 1.29 is 0 Å². The van der Waals surface area contributed by atoms with Crippen LogP contribution in [0.25, 0.3) is 0 Å². The van der Waals surface area contributed by atoms with Crippen LogP contribution < -0.4 is 0 Å². The molecule has 1 unspecified atom stereocenters. The number of rotatable bonds is 1. The highest BCUT2D eigenvalue weighted by molar-refractivity contribution is 9.09. The summed E-state index contributed by atoms with van der Waals surface area (Å²) < 4.78 is 0. The minimum Gasteiger partial charge on any atom is -0.0922 e. The number of hydrogen-bond acceptors (Lipinski definition) is 0. The average molecular weight is 205 g/mol. The Kier molecular flexibility index (Phi) is 2.94. The molecule has 1 heterocycles. The Balaban J connectivity index is 2.55. The van der Waals surface area contributed by atoms with Crippen molar-refractivity contribution >= 4 is 29.9 Å². The molecule has 0 aromatic carbocycles. The molecule has 1 aliphatic rings. The minimum absolute atomic E-state index is 0.756. The van der Waals surface area contributed by atoms with Gasteiger partial charge in [-0.3, -0.25) is 0 Å². The molecule has 0 amide bonds. The summed E-state index contributed by atoms with van der Waals surface area (Å²) in [5, 5.41) is 2.60. The fourth-order valence-electron chi connectivity index (χ4n) is 0.892. The van der Waals surface area contributed by atoms with Crippen molar-refractivity contribution in [3.8, 4) is 0 Å². The van der Waals surface area contributed by atoms with Gasteiger partial charge in [0, 0.05) is 5.33 Å². The van der Waals surface area contributed by atoms with Gasteiger partial charge in [-0.1, -0.05) is 36.0 Å². The second-order valence-electron chi connectivity index (χ2n) is 2.27. The highest BCUT2D eigenvalue weighted by atomic mass is 79.9. The van der Waals surface area contributed by atoms with E-state index >= 15 is 0 Å². The highest BCUT2D eigenvalue weighted by Crippen LogP contribution is 2.23. The molecule has 0 radical (unpaired) electrons. The Morgan fingerprint density at radius 3 is 3.11 bits per heavy atom. The smallest absolute Gasteiger partial charge is 0.00977 e. The maximum absolute atomic E-state index is 3.47. The van der Waals surface area contributed by atoms with E-state index in [1.807, 2.05) is 0 Å². The van der Waals surface area contributed by atoms with Gasteiger partial charge < -0.3 is 0 Å². The largest absolute Gasteiger partial charge is 0.0922 e. The SMILES string of the molecule is CC1=CC(CBr)CC=P1. The molecular weight excluding hydrogens is 195 g/mol. The Morgan fingerprint density at radius 1 is 1.89 bits per heavy atom. The average Bonchev–Trinajstić information content (AvgIpc) is 1.88. The zero-order chi connectivity index (χ0) is 6.69. The third-order valence-electron chi connectivity index (χ3n) is 1.38. The quantitative estimate of drug-likeness (QED) is 0.455. The third kappa shape index (κ3) is 2.23. The molecule has 0 aromatic rings. The molecular formula is C7H10BrP. The molecule has 0 N–H and O–H groups in total. The zero-order valence-corrected chi connectivity index (χ0v) is 7.95. The molecule has 0 saturated carbocycles. The van der Waals surface area contributed by atoms with Crippen LogP contribution in [0.4, 0.5) is 0 Å². The van der Waals surface area contributed by atoms with Gasteiger partial charge in [-0.2, -0.15) is 0 Å². The summed E-state index contributed by atoms with van der Waals surface area (Å²) in [7, 11) is 1.42. The van der Waals surface area contributed by atoms with Crippen LogP contribution in [0.1, 0.15) is 13.3 Å². The molecule has 0 bridgehead atoms. The first kappa shape index (κ1) is 7.50. The molecule has 0 nitrogen and oxygen atoms in total. The minimum atomic E-state index is 0.756. The van der Waals surface area contributed by atoms with Gasteiger partial charge in [0.15, 0.2) is 0 Å². The molecule has 2 heteroatoms. The van der Waals surface area contributed by atoms with Gasteiger partial charge in [-0.15, -0.1) is 0 Å². The van der Waals surface area contributed by atoms with Crippen LogP contribution in [0.15, 0.2) is 11.4 Å². The van der Waals surface area contributed by atoms with E-state index in [9.17, 15) is 0 Å². The maximum Gasteiger partial charge on any atom is 0.00977 e. The lowest BCUT2D eigenvalue weighted by atomic mass is 10.1. The van der Waals surface area contributed by atoms with Crippen molar-refractivity contribution in [2.24, 2.45) is 5.92 Å². The second kappa shape index (κ2) is 3.53. The number of halogens is 1. The van der Waals surface area contributed by atoms with E-state index in [1.165, 1.54) is 19.9 Å². The third-order valence-corrected chi connectivity index (χ3v) is 3.16. The maximum atomic E-state index is 3.47. The Hall–Kier alpha value is 0.390. The highest BCUT2D eigenvalue weighted by Gasteiger charge is 2.04. The van der Waals surface area contributed by atoms with Gasteiger partial charge in [0.05, 0.1) is 0 Å². The normalized spacial score (nSPS) is 27.8. The van der Waals surface area contributed by atoms with E-state index in [0.29, 0.717) is 0 Å². The van der Waals surface area contributed by atoms with Gasteiger partial charge >= 0.3 is 0 Å². The Morgan fingerprint density at radius 2 is 2.67 bits per heavy atom. The van der Waals surface area contributed by atoms with Gasteiger partial charge in [0.1, 0.15) is 0 Å². The van der Waals surface area contributed by atoms with Crippen molar-refractivity contribution in [3.63, 3.8) is 0 Å². The molecule has 50 valence electrons. The van der Waals surface area contributed by atoms with Gasteiger partial charge in [0.25, 0.3) is 0 Å². The molecule has 9 heavy (non-hydrogen) atoms. The zero-order valence-electron chi connectivity index (χ0n) is 5.47. The molecule has 0 saturated heterocycles. The molecule has 1 rings (SSSR count). The fraction of sp³-hybridized carbons (Fsp3) is 0.571. The molecule has 0 aliphatic carbocycles. The van der Waals surface area contributed by atoms with E-state index in [-0.39, 0.29) is 0 Å². The number of allylic oxidation sites excluding steroid dienone is 2. The lowest BCUT2D eigenvalue weighted by Crippen LogP contribution is -2.00. The van der Waals surface area contributed by atoms with E-state index in [1.54, 1.807) is 0 Å². The van der Waals surface area contributed by atoms with Crippen molar-refractivity contribution in [2.45, 2.75) is 13.3 Å². The van der Waals surface area contributed by atoms with Crippen molar-refractivity contribution in [1.29, 1.82) is 0 Å². The topological polar surface area (TPSA) is 0 Å². The van der Waals surface area contributed by atoms with Crippen molar-refractivity contribution in [1.82, 2.24) is 0 Å². The van der Waals surface area contributed by atoms with Crippen molar-refractivity contribution in [2.75, 3.05) is 5.33 Å². The van der Waals surface area contributed by atoms with Gasteiger partial charge in [-0.25, -0.2) is 0 Å². The molecule has 1 atom stereocenters. The summed E-state index contributed by atoms with van der Waals surface area (Å²) >= 11 is 3.47. The molecule has 0 fully saturated rings. The fourth-order valence-corrected chi connectivity index (χ4v) is 2.30. The summed E-state index contributed by atoms with van der Waals surface area (Å²) in [5.41, 5.74) is 0. The summed E-state index contributed by atoms with van der Waals surface area (Å²) in [6, 6.07) is 0. The van der Waals surface area contributed by atoms with Crippen molar-refractivity contribution in [3.05, 3.63) is 11.4 Å². The summed E-state index contributed by atoms with van der Waals surface area (Å²) in [6.07, 6.45) is 3.60. The van der Waals surface area contributed by atoms with Crippen LogP contribution in [0.5, 0.6) is 0 Å². The standard InChI is InChI=1S/C7H10BrP/c1-6-4-7(5-8)2-3-9-6/h3-4,7H,2,5H2,1H3. The lowest BCUT2D eigenvalue weighted by Gasteiger charge is -2.09. The summed E-state index contributed by atoms with van der Waals surface area (Å²) in [5.74, 6) is 3.09. The van der Waals surface area contributed by atoms with Crippen LogP contribution in [-0.2, 0) is 0 Å². The predicted molar refractivity (Wildman–Crippen MR) is 48.6 cm³/mol. The Bertz CT molecular complexity index is 149. The van der Waals surface area contributed by atoms with Crippen LogP contribution >= 0.6 is 24.1 Å². The predicted octanol–water partition coefficient (Wildman–Crippen LogP) is 3.05. The van der Waals surface area contributed by atoms with Crippen LogP contribution in [-0.4, -0.2) is 11.1 Å². The number of hydrogen-bond donors (Lipinski definition) is 0. The van der Waals surface area contributed by atoms with Crippen LogP contribution in [0.3, 0.4) is 0 Å². The number of alkyl halides is 1. The first-order chi connectivity index (χ1) is 4.33. The van der Waals surface area contributed by atoms with Gasteiger partial charge in [0.2, 0.25) is 0 Å². The Labute approximate surface area is 66.3 Å². The summed E-state index contributed by atoms with van der Waals surface area (Å²) in [4.78, 5) is 0. The molecule has 0 aromatic heterocycles. The molecule has 0 spiro atoms. The lowest BCUT2D eigenvalue weighted by molar-refractivity contribution is 0.796. The summed E-state index contributed by atoms with van der Waals surface area (Å²) in [6.45, 7) is 2.19. The second-order valence-corrected chi connectivity index (χ2v) is 4.25. The van der Waals surface area contributed by atoms with E-state index in [2.05, 4.69) is 34.7 Å². The monoisotopic (exact) mass is 204 g/mol.